The Morgan fingerprint density at radius 3 is 2.96 bits per heavy atom. The molecule has 5 nitrogen and oxygen atoms in total. The molecule has 6 heteroatoms. The second-order valence-corrected chi connectivity index (χ2v) is 7.12. The van der Waals surface area contributed by atoms with Crippen LogP contribution in [0, 0.1) is 11.2 Å². The third-order valence-electron chi connectivity index (χ3n) is 5.72. The molecule has 0 bridgehead atoms. The largest absolute Gasteiger partial charge is 0.381 e. The van der Waals surface area contributed by atoms with E-state index in [1.807, 2.05) is 0 Å². The molecule has 23 heavy (non-hydrogen) atoms. The molecule has 2 fully saturated rings. The smallest absolute Gasteiger partial charge is 0.274 e. The molecular formula is C17H21FN2O3. The minimum atomic E-state index is -0.670. The number of carbonyl (C=O) groups is 1. The molecular weight excluding hydrogens is 299 g/mol. The summed E-state index contributed by atoms with van der Waals surface area (Å²) in [5, 5.41) is 8.70. The first-order valence-electron chi connectivity index (χ1n) is 8.18. The van der Waals surface area contributed by atoms with Crippen LogP contribution in [0.2, 0.25) is 0 Å². The van der Waals surface area contributed by atoms with Crippen LogP contribution in [0.5, 0.6) is 0 Å². The molecule has 0 radical (unpaired) electrons. The lowest BCUT2D eigenvalue weighted by atomic mass is 9.64. The van der Waals surface area contributed by atoms with E-state index in [0.29, 0.717) is 23.6 Å². The Hall–Kier alpha value is -1.50. The van der Waals surface area contributed by atoms with Crippen LogP contribution in [0.1, 0.15) is 40.7 Å². The van der Waals surface area contributed by atoms with Gasteiger partial charge in [-0.15, -0.1) is 0 Å². The summed E-state index contributed by atoms with van der Waals surface area (Å²) in [6.45, 7) is 3.24. The Bertz CT molecular complexity index is 635. The molecule has 1 aromatic rings. The van der Waals surface area contributed by atoms with Crippen molar-refractivity contribution >= 4 is 5.91 Å². The summed E-state index contributed by atoms with van der Waals surface area (Å²) in [4.78, 5) is 13.8. The molecule has 3 aliphatic rings. The van der Waals surface area contributed by atoms with Gasteiger partial charge in [0.25, 0.3) is 5.91 Å². The SMILES string of the molecule is O=C(NO)c1cc(F)c2c(c1)CCN(C1CC3(CCOC3)C1)C2. The minimum Gasteiger partial charge on any atom is -0.381 e. The molecule has 1 aliphatic carbocycles. The number of fused-ring (bicyclic) bond motifs is 1. The lowest BCUT2D eigenvalue weighted by molar-refractivity contribution is -0.0129. The van der Waals surface area contributed by atoms with Crippen molar-refractivity contribution in [1.29, 1.82) is 0 Å². The van der Waals surface area contributed by atoms with Crippen LogP contribution in [-0.4, -0.2) is 41.8 Å². The molecule has 1 spiro atoms. The van der Waals surface area contributed by atoms with Crippen molar-refractivity contribution in [3.05, 3.63) is 34.6 Å². The Balaban J connectivity index is 1.48. The number of halogens is 1. The Kier molecular flexibility index (Phi) is 3.63. The second kappa shape index (κ2) is 5.54. The van der Waals surface area contributed by atoms with Crippen molar-refractivity contribution in [1.82, 2.24) is 10.4 Å². The van der Waals surface area contributed by atoms with E-state index in [0.717, 1.165) is 51.0 Å². The van der Waals surface area contributed by atoms with Crippen molar-refractivity contribution in [2.45, 2.75) is 38.3 Å². The molecule has 124 valence electrons. The van der Waals surface area contributed by atoms with Gasteiger partial charge < -0.3 is 4.74 Å². The number of ether oxygens (including phenoxy) is 1. The predicted molar refractivity (Wildman–Crippen MR) is 80.7 cm³/mol. The van der Waals surface area contributed by atoms with Crippen LogP contribution in [0.3, 0.4) is 0 Å². The summed E-state index contributed by atoms with van der Waals surface area (Å²) in [5.41, 5.74) is 3.67. The van der Waals surface area contributed by atoms with Gasteiger partial charge in [-0.1, -0.05) is 0 Å². The summed E-state index contributed by atoms with van der Waals surface area (Å²) < 4.78 is 19.9. The van der Waals surface area contributed by atoms with Gasteiger partial charge in [0.1, 0.15) is 5.82 Å². The predicted octanol–water partition coefficient (Wildman–Crippen LogP) is 1.87. The maximum Gasteiger partial charge on any atom is 0.274 e. The highest BCUT2D eigenvalue weighted by atomic mass is 19.1. The quantitative estimate of drug-likeness (QED) is 0.645. The monoisotopic (exact) mass is 320 g/mol. The molecule has 2 heterocycles. The summed E-state index contributed by atoms with van der Waals surface area (Å²) >= 11 is 0. The van der Waals surface area contributed by atoms with Crippen molar-refractivity contribution in [2.24, 2.45) is 5.41 Å². The molecule has 0 aromatic heterocycles. The van der Waals surface area contributed by atoms with E-state index >= 15 is 0 Å². The number of carbonyl (C=O) groups excluding carboxylic acids is 1. The summed E-state index contributed by atoms with van der Waals surface area (Å²) in [5.74, 6) is -1.03. The van der Waals surface area contributed by atoms with Gasteiger partial charge in [0, 0.05) is 36.9 Å². The topological polar surface area (TPSA) is 61.8 Å². The van der Waals surface area contributed by atoms with Crippen molar-refractivity contribution in [2.75, 3.05) is 19.8 Å². The van der Waals surface area contributed by atoms with Crippen LogP contribution in [0.4, 0.5) is 4.39 Å². The van der Waals surface area contributed by atoms with Gasteiger partial charge in [-0.25, -0.2) is 9.87 Å². The Morgan fingerprint density at radius 1 is 1.43 bits per heavy atom. The number of hydroxylamine groups is 1. The van der Waals surface area contributed by atoms with Crippen molar-refractivity contribution in [3.8, 4) is 0 Å². The zero-order chi connectivity index (χ0) is 16.0. The first kappa shape index (κ1) is 15.1. The lowest BCUT2D eigenvalue weighted by Crippen LogP contribution is -2.52. The highest BCUT2D eigenvalue weighted by Gasteiger charge is 2.49. The molecule has 0 unspecified atom stereocenters. The zero-order valence-electron chi connectivity index (χ0n) is 13.0. The summed E-state index contributed by atoms with van der Waals surface area (Å²) in [6.07, 6.45) is 4.19. The first-order chi connectivity index (χ1) is 11.1. The van der Waals surface area contributed by atoms with Crippen LogP contribution in [0.25, 0.3) is 0 Å². The van der Waals surface area contributed by atoms with Gasteiger partial charge in [0.2, 0.25) is 0 Å². The van der Waals surface area contributed by atoms with E-state index in [2.05, 4.69) is 4.90 Å². The van der Waals surface area contributed by atoms with Gasteiger partial charge in [-0.2, -0.15) is 0 Å². The van der Waals surface area contributed by atoms with Crippen LogP contribution in [0.15, 0.2) is 12.1 Å². The average Bonchev–Trinajstić information content (AvgIpc) is 3.02. The van der Waals surface area contributed by atoms with Crippen molar-refractivity contribution in [3.63, 3.8) is 0 Å². The molecule has 1 saturated carbocycles. The molecule has 2 N–H and O–H groups in total. The number of hydrogen-bond acceptors (Lipinski definition) is 4. The lowest BCUT2D eigenvalue weighted by Gasteiger charge is -2.50. The van der Waals surface area contributed by atoms with Gasteiger partial charge >= 0.3 is 0 Å². The Labute approximate surface area is 134 Å². The molecule has 1 amide bonds. The van der Waals surface area contributed by atoms with Gasteiger partial charge in [0.15, 0.2) is 0 Å². The van der Waals surface area contributed by atoms with Crippen molar-refractivity contribution < 1.29 is 19.1 Å². The molecule has 1 aromatic carbocycles. The third kappa shape index (κ3) is 2.55. The molecule has 1 saturated heterocycles. The zero-order valence-corrected chi connectivity index (χ0v) is 13.0. The maximum atomic E-state index is 14.4. The van der Waals surface area contributed by atoms with E-state index in [4.69, 9.17) is 9.94 Å². The number of amides is 1. The molecule has 4 rings (SSSR count). The number of nitrogens with zero attached hydrogens (tertiary/aromatic N) is 1. The van der Waals surface area contributed by atoms with Crippen LogP contribution < -0.4 is 5.48 Å². The average molecular weight is 320 g/mol. The standard InChI is InChI=1S/C17H21FN2O3/c18-15-6-12(16(21)19-22)5-11-1-3-20(9-14(11)15)13-7-17(8-13)2-4-23-10-17/h5-6,13,22H,1-4,7-10H2,(H,19,21). The van der Waals surface area contributed by atoms with E-state index in [1.54, 1.807) is 11.5 Å². The van der Waals surface area contributed by atoms with Crippen LogP contribution >= 0.6 is 0 Å². The minimum absolute atomic E-state index is 0.169. The van der Waals surface area contributed by atoms with E-state index in [1.165, 1.54) is 6.07 Å². The van der Waals surface area contributed by atoms with E-state index in [9.17, 15) is 9.18 Å². The summed E-state index contributed by atoms with van der Waals surface area (Å²) in [7, 11) is 0. The fourth-order valence-corrected chi connectivity index (χ4v) is 4.32. The van der Waals surface area contributed by atoms with Crippen LogP contribution in [-0.2, 0) is 17.7 Å². The normalized spacial score (nSPS) is 30.1. The molecule has 0 atom stereocenters. The number of hydrogen-bond donors (Lipinski definition) is 2. The highest BCUT2D eigenvalue weighted by molar-refractivity contribution is 5.93. The molecule has 2 aliphatic heterocycles. The third-order valence-corrected chi connectivity index (χ3v) is 5.72. The van der Waals surface area contributed by atoms with Gasteiger partial charge in [-0.3, -0.25) is 14.9 Å². The number of benzene rings is 1. The first-order valence-corrected chi connectivity index (χ1v) is 8.18. The fraction of sp³-hybridized carbons (Fsp3) is 0.588. The van der Waals surface area contributed by atoms with E-state index < -0.39 is 5.91 Å². The van der Waals surface area contributed by atoms with E-state index in [-0.39, 0.29) is 11.4 Å². The second-order valence-electron chi connectivity index (χ2n) is 7.12. The Morgan fingerprint density at radius 2 is 2.26 bits per heavy atom. The van der Waals surface area contributed by atoms with Gasteiger partial charge in [0.05, 0.1) is 6.61 Å². The number of rotatable bonds is 2. The summed E-state index contributed by atoms with van der Waals surface area (Å²) in [6, 6.07) is 3.42. The fourth-order valence-electron chi connectivity index (χ4n) is 4.32. The van der Waals surface area contributed by atoms with Gasteiger partial charge in [-0.05, 0) is 48.8 Å². The maximum absolute atomic E-state index is 14.4. The highest BCUT2D eigenvalue weighted by Crippen LogP contribution is 2.50. The number of nitrogens with one attached hydrogen (secondary N) is 1.